The van der Waals surface area contributed by atoms with Crippen LogP contribution in [0.2, 0.25) is 0 Å². The van der Waals surface area contributed by atoms with Crippen LogP contribution in [0.4, 0.5) is 0 Å². The molecular formula is C16H23NO3. The van der Waals surface area contributed by atoms with Crippen molar-refractivity contribution >= 4 is 11.9 Å². The summed E-state index contributed by atoms with van der Waals surface area (Å²) in [4.78, 5) is 26.1. The molecule has 4 atom stereocenters. The fourth-order valence-electron chi connectivity index (χ4n) is 4.32. The van der Waals surface area contributed by atoms with Gasteiger partial charge in [0.15, 0.2) is 0 Å². The molecule has 4 heteroatoms. The third-order valence-electron chi connectivity index (χ3n) is 5.44. The first-order chi connectivity index (χ1) is 9.55. The molecule has 1 saturated heterocycles. The summed E-state index contributed by atoms with van der Waals surface area (Å²) in [5, 5.41) is 9.52. The number of fused-ring (bicyclic) bond motifs is 2. The maximum Gasteiger partial charge on any atom is 0.311 e. The molecule has 2 bridgehead atoms. The minimum atomic E-state index is -0.734. The standard InChI is InChI=1S/C16H23NO3/c1-2-5-16(15(19)20)6-7-17(10-16)14(18)13-9-11-3-4-12(13)8-11/h3-4,11-13H,2,5-10H2,1H3,(H,19,20). The number of carboxylic acids is 1. The molecule has 1 heterocycles. The van der Waals surface area contributed by atoms with E-state index in [0.717, 1.165) is 19.3 Å². The van der Waals surface area contributed by atoms with Crippen molar-refractivity contribution in [3.05, 3.63) is 12.2 Å². The normalized spacial score (nSPS) is 38.6. The van der Waals surface area contributed by atoms with Crippen molar-refractivity contribution in [1.82, 2.24) is 4.90 Å². The Bertz CT molecular complexity index is 459. The molecular weight excluding hydrogens is 254 g/mol. The second kappa shape index (κ2) is 4.90. The van der Waals surface area contributed by atoms with Gasteiger partial charge in [0.1, 0.15) is 0 Å². The molecule has 1 amide bonds. The smallest absolute Gasteiger partial charge is 0.311 e. The predicted octanol–water partition coefficient (Wildman–Crippen LogP) is 2.30. The zero-order valence-corrected chi connectivity index (χ0v) is 12.0. The SMILES string of the molecule is CCCC1(C(=O)O)CCN(C(=O)C2CC3C=CC2C3)C1. The summed E-state index contributed by atoms with van der Waals surface area (Å²) < 4.78 is 0. The molecule has 0 spiro atoms. The number of carboxylic acid groups (broad SMARTS) is 1. The fourth-order valence-corrected chi connectivity index (χ4v) is 4.32. The molecule has 4 nitrogen and oxygen atoms in total. The van der Waals surface area contributed by atoms with Crippen LogP contribution < -0.4 is 0 Å². The van der Waals surface area contributed by atoms with Gasteiger partial charge in [-0.05, 0) is 37.5 Å². The molecule has 2 aliphatic carbocycles. The first-order valence-corrected chi connectivity index (χ1v) is 7.76. The van der Waals surface area contributed by atoms with Crippen molar-refractivity contribution in [2.45, 2.75) is 39.0 Å². The van der Waals surface area contributed by atoms with Gasteiger partial charge in [0.25, 0.3) is 0 Å². The van der Waals surface area contributed by atoms with Gasteiger partial charge < -0.3 is 10.0 Å². The van der Waals surface area contributed by atoms with E-state index in [4.69, 9.17) is 0 Å². The van der Waals surface area contributed by atoms with Crippen LogP contribution in [0.25, 0.3) is 0 Å². The van der Waals surface area contributed by atoms with E-state index in [1.165, 1.54) is 0 Å². The van der Waals surface area contributed by atoms with Crippen molar-refractivity contribution in [3.63, 3.8) is 0 Å². The monoisotopic (exact) mass is 277 g/mol. The largest absolute Gasteiger partial charge is 0.481 e. The molecule has 0 aromatic carbocycles. The third-order valence-corrected chi connectivity index (χ3v) is 5.44. The number of rotatable bonds is 4. The second-order valence-corrected chi connectivity index (χ2v) is 6.73. The van der Waals surface area contributed by atoms with Crippen molar-refractivity contribution in [3.8, 4) is 0 Å². The van der Waals surface area contributed by atoms with E-state index in [0.29, 0.717) is 37.8 Å². The number of allylic oxidation sites excluding steroid dienone is 2. The van der Waals surface area contributed by atoms with Crippen LogP contribution in [0.3, 0.4) is 0 Å². The number of carbonyl (C=O) groups excluding carboxylic acids is 1. The Morgan fingerprint density at radius 3 is 2.70 bits per heavy atom. The van der Waals surface area contributed by atoms with E-state index < -0.39 is 11.4 Å². The average molecular weight is 277 g/mol. The van der Waals surface area contributed by atoms with Crippen LogP contribution in [0.5, 0.6) is 0 Å². The molecule has 3 aliphatic rings. The summed E-state index contributed by atoms with van der Waals surface area (Å²) in [7, 11) is 0. The maximum absolute atomic E-state index is 12.7. The number of aliphatic carboxylic acids is 1. The first-order valence-electron chi connectivity index (χ1n) is 7.76. The number of nitrogens with zero attached hydrogens (tertiary/aromatic N) is 1. The lowest BCUT2D eigenvalue weighted by Gasteiger charge is -2.27. The molecule has 2 fully saturated rings. The van der Waals surface area contributed by atoms with Crippen molar-refractivity contribution in [2.24, 2.45) is 23.2 Å². The van der Waals surface area contributed by atoms with Crippen LogP contribution in [-0.4, -0.2) is 35.0 Å². The van der Waals surface area contributed by atoms with Gasteiger partial charge in [-0.2, -0.15) is 0 Å². The molecule has 1 N–H and O–H groups in total. The molecule has 1 aliphatic heterocycles. The van der Waals surface area contributed by atoms with Gasteiger partial charge in [0.2, 0.25) is 5.91 Å². The maximum atomic E-state index is 12.7. The highest BCUT2D eigenvalue weighted by atomic mass is 16.4. The van der Waals surface area contributed by atoms with Gasteiger partial charge in [-0.1, -0.05) is 25.5 Å². The summed E-state index contributed by atoms with van der Waals surface area (Å²) in [6, 6.07) is 0. The summed E-state index contributed by atoms with van der Waals surface area (Å²) in [6.07, 6.45) is 8.63. The van der Waals surface area contributed by atoms with E-state index in [2.05, 4.69) is 12.2 Å². The first kappa shape index (κ1) is 13.7. The summed E-state index contributed by atoms with van der Waals surface area (Å²) in [6.45, 7) is 3.03. The number of likely N-dealkylation sites (tertiary alicyclic amines) is 1. The second-order valence-electron chi connectivity index (χ2n) is 6.73. The van der Waals surface area contributed by atoms with Crippen LogP contribution in [0, 0.1) is 23.2 Å². The summed E-state index contributed by atoms with van der Waals surface area (Å²) in [5.74, 6) is 0.551. The number of carbonyl (C=O) groups is 2. The molecule has 0 radical (unpaired) electrons. The van der Waals surface area contributed by atoms with Gasteiger partial charge >= 0.3 is 5.97 Å². The molecule has 20 heavy (non-hydrogen) atoms. The van der Waals surface area contributed by atoms with E-state index >= 15 is 0 Å². The highest BCUT2D eigenvalue weighted by Crippen LogP contribution is 2.45. The molecule has 3 rings (SSSR count). The van der Waals surface area contributed by atoms with Crippen LogP contribution >= 0.6 is 0 Å². The van der Waals surface area contributed by atoms with Crippen LogP contribution in [0.15, 0.2) is 12.2 Å². The van der Waals surface area contributed by atoms with Crippen LogP contribution in [-0.2, 0) is 9.59 Å². The van der Waals surface area contributed by atoms with Crippen molar-refractivity contribution in [2.75, 3.05) is 13.1 Å². The Balaban J connectivity index is 1.69. The zero-order chi connectivity index (χ0) is 14.3. The van der Waals surface area contributed by atoms with E-state index in [1.54, 1.807) is 0 Å². The number of hydrogen-bond donors (Lipinski definition) is 1. The van der Waals surface area contributed by atoms with Gasteiger partial charge in [0, 0.05) is 19.0 Å². The minimum Gasteiger partial charge on any atom is -0.481 e. The molecule has 110 valence electrons. The number of hydrogen-bond acceptors (Lipinski definition) is 2. The topological polar surface area (TPSA) is 57.6 Å². The Morgan fingerprint density at radius 2 is 2.15 bits per heavy atom. The third kappa shape index (κ3) is 2.05. The summed E-state index contributed by atoms with van der Waals surface area (Å²) >= 11 is 0. The Morgan fingerprint density at radius 1 is 1.35 bits per heavy atom. The lowest BCUT2D eigenvalue weighted by molar-refractivity contribution is -0.149. The van der Waals surface area contributed by atoms with Gasteiger partial charge in [-0.15, -0.1) is 0 Å². The zero-order valence-electron chi connectivity index (χ0n) is 12.0. The van der Waals surface area contributed by atoms with E-state index in [1.807, 2.05) is 11.8 Å². The Hall–Kier alpha value is -1.32. The quantitative estimate of drug-likeness (QED) is 0.802. The van der Waals surface area contributed by atoms with E-state index in [-0.39, 0.29) is 11.8 Å². The minimum absolute atomic E-state index is 0.108. The number of amides is 1. The molecule has 4 unspecified atom stereocenters. The highest BCUT2D eigenvalue weighted by Gasteiger charge is 2.48. The van der Waals surface area contributed by atoms with Gasteiger partial charge in [-0.3, -0.25) is 9.59 Å². The molecule has 0 aromatic heterocycles. The highest BCUT2D eigenvalue weighted by molar-refractivity contribution is 5.83. The van der Waals surface area contributed by atoms with Gasteiger partial charge in [-0.25, -0.2) is 0 Å². The molecule has 1 saturated carbocycles. The summed E-state index contributed by atoms with van der Waals surface area (Å²) in [5.41, 5.74) is -0.697. The lowest BCUT2D eigenvalue weighted by Crippen LogP contribution is -2.40. The van der Waals surface area contributed by atoms with Gasteiger partial charge in [0.05, 0.1) is 5.41 Å². The van der Waals surface area contributed by atoms with E-state index in [9.17, 15) is 14.7 Å². The van der Waals surface area contributed by atoms with Crippen molar-refractivity contribution in [1.29, 1.82) is 0 Å². The lowest BCUT2D eigenvalue weighted by atomic mass is 9.82. The van der Waals surface area contributed by atoms with Crippen molar-refractivity contribution < 1.29 is 14.7 Å². The Kier molecular flexibility index (Phi) is 3.35. The average Bonchev–Trinajstić information content (AvgIpc) is 3.13. The Labute approximate surface area is 119 Å². The molecule has 0 aromatic rings. The fraction of sp³-hybridized carbons (Fsp3) is 0.750. The van der Waals surface area contributed by atoms with Crippen LogP contribution in [0.1, 0.15) is 39.0 Å². The predicted molar refractivity (Wildman–Crippen MR) is 75.0 cm³/mol.